The molecular weight excluding hydrogens is 464 g/mol. The Morgan fingerprint density at radius 1 is 1.26 bits per heavy atom. The Labute approximate surface area is 190 Å². The van der Waals surface area contributed by atoms with E-state index in [1.165, 1.54) is 0 Å². The molecule has 9 nitrogen and oxygen atoms in total. The molecule has 0 spiro atoms. The summed E-state index contributed by atoms with van der Waals surface area (Å²) in [5.74, 6) is 1.08. The van der Waals surface area contributed by atoms with Crippen molar-refractivity contribution >= 4 is 33.5 Å². The average Bonchev–Trinajstić information content (AvgIpc) is 3.25. The Hall–Kier alpha value is -2.43. The molecule has 0 radical (unpaired) electrons. The van der Waals surface area contributed by atoms with Crippen molar-refractivity contribution in [1.29, 1.82) is 0 Å². The van der Waals surface area contributed by atoms with Crippen molar-refractivity contribution in [2.24, 2.45) is 0 Å². The molecule has 10 heteroatoms. The Morgan fingerprint density at radius 2 is 2.03 bits per heavy atom. The van der Waals surface area contributed by atoms with E-state index in [1.807, 2.05) is 4.90 Å². The maximum atomic E-state index is 13.0. The van der Waals surface area contributed by atoms with Crippen LogP contribution in [0.4, 0.5) is 11.6 Å². The van der Waals surface area contributed by atoms with Gasteiger partial charge in [-0.05, 0) is 40.5 Å². The first-order chi connectivity index (χ1) is 15.1. The number of rotatable bonds is 7. The number of anilines is 2. The van der Waals surface area contributed by atoms with Gasteiger partial charge >= 0.3 is 0 Å². The number of nitrogens with one attached hydrogen (secondary N) is 1. The van der Waals surface area contributed by atoms with E-state index in [-0.39, 0.29) is 11.9 Å². The molecular formula is C21H27BrN6O3. The van der Waals surface area contributed by atoms with Crippen molar-refractivity contribution in [2.75, 3.05) is 63.6 Å². The fourth-order valence-corrected chi connectivity index (χ4v) is 3.92. The minimum atomic E-state index is -0.0287. The topological polar surface area (TPSA) is 106 Å². The highest BCUT2D eigenvalue weighted by atomic mass is 79.9. The molecule has 2 saturated heterocycles. The van der Waals surface area contributed by atoms with E-state index >= 15 is 0 Å². The van der Waals surface area contributed by atoms with Crippen LogP contribution in [0, 0.1) is 0 Å². The lowest BCUT2D eigenvalue weighted by Gasteiger charge is -2.26. The number of halogens is 1. The number of amides is 1. The standard InChI is InChI=1S/C21H27BrN6O3/c22-16-12-24-21(25-13-16)26-17-3-4-28(14-17)20(29)15-1-2-18(23)19(11-15)31-10-7-27-5-8-30-9-6-27/h1-2,11-13,17H,3-10,14,23H2,(H,24,25,26)/t17-/m0/s1. The second-order valence-corrected chi connectivity index (χ2v) is 8.58. The number of ether oxygens (including phenoxy) is 2. The van der Waals surface area contributed by atoms with Crippen LogP contribution in [0.2, 0.25) is 0 Å². The van der Waals surface area contributed by atoms with Crippen LogP contribution in [0.25, 0.3) is 0 Å². The van der Waals surface area contributed by atoms with Crippen molar-refractivity contribution in [3.63, 3.8) is 0 Å². The predicted octanol–water partition coefficient (Wildman–Crippen LogP) is 1.86. The normalized spacial score (nSPS) is 19.4. The molecule has 2 aliphatic rings. The van der Waals surface area contributed by atoms with Crippen molar-refractivity contribution in [3.8, 4) is 5.75 Å². The summed E-state index contributed by atoms with van der Waals surface area (Å²) < 4.78 is 12.1. The molecule has 0 bridgehead atoms. The van der Waals surface area contributed by atoms with E-state index in [0.717, 1.165) is 43.7 Å². The Kier molecular flexibility index (Phi) is 7.21. The van der Waals surface area contributed by atoms with Crippen LogP contribution in [0.15, 0.2) is 35.1 Å². The molecule has 1 amide bonds. The second-order valence-electron chi connectivity index (χ2n) is 7.66. The lowest BCUT2D eigenvalue weighted by Crippen LogP contribution is -2.38. The largest absolute Gasteiger partial charge is 0.490 e. The fourth-order valence-electron chi connectivity index (χ4n) is 3.72. The zero-order valence-electron chi connectivity index (χ0n) is 17.3. The summed E-state index contributed by atoms with van der Waals surface area (Å²) in [5.41, 5.74) is 7.18. The molecule has 1 aromatic carbocycles. The molecule has 3 heterocycles. The van der Waals surface area contributed by atoms with Gasteiger partial charge in [-0.1, -0.05) is 0 Å². The molecule has 31 heavy (non-hydrogen) atoms. The van der Waals surface area contributed by atoms with Gasteiger partial charge < -0.3 is 25.4 Å². The van der Waals surface area contributed by atoms with E-state index in [1.54, 1.807) is 30.6 Å². The Balaban J connectivity index is 1.31. The minimum Gasteiger partial charge on any atom is -0.490 e. The van der Waals surface area contributed by atoms with Gasteiger partial charge in [-0.2, -0.15) is 0 Å². The van der Waals surface area contributed by atoms with Gasteiger partial charge in [0.05, 0.1) is 23.4 Å². The van der Waals surface area contributed by atoms with E-state index in [2.05, 4.69) is 36.1 Å². The van der Waals surface area contributed by atoms with Crippen molar-refractivity contribution in [1.82, 2.24) is 19.8 Å². The summed E-state index contributed by atoms with van der Waals surface area (Å²) in [7, 11) is 0. The van der Waals surface area contributed by atoms with Crippen molar-refractivity contribution in [2.45, 2.75) is 12.5 Å². The number of aromatic nitrogens is 2. The minimum absolute atomic E-state index is 0.0287. The molecule has 1 atom stereocenters. The summed E-state index contributed by atoms with van der Waals surface area (Å²) in [5, 5.41) is 3.29. The molecule has 2 aliphatic heterocycles. The highest BCUT2D eigenvalue weighted by Gasteiger charge is 2.27. The molecule has 4 rings (SSSR count). The van der Waals surface area contributed by atoms with E-state index in [0.29, 0.717) is 42.6 Å². The van der Waals surface area contributed by atoms with Gasteiger partial charge in [-0.3, -0.25) is 9.69 Å². The summed E-state index contributed by atoms with van der Waals surface area (Å²) in [6.07, 6.45) is 4.23. The summed E-state index contributed by atoms with van der Waals surface area (Å²) in [6.45, 7) is 5.92. The van der Waals surface area contributed by atoms with Crippen molar-refractivity contribution < 1.29 is 14.3 Å². The molecule has 0 aliphatic carbocycles. The fraction of sp³-hybridized carbons (Fsp3) is 0.476. The number of hydrogen-bond acceptors (Lipinski definition) is 8. The van der Waals surface area contributed by atoms with Crippen LogP contribution in [-0.2, 0) is 4.74 Å². The van der Waals surface area contributed by atoms with Gasteiger partial charge in [-0.15, -0.1) is 0 Å². The van der Waals surface area contributed by atoms with Gasteiger partial charge in [0.1, 0.15) is 12.4 Å². The second kappa shape index (κ2) is 10.3. The number of carbonyl (C=O) groups excluding carboxylic acids is 1. The monoisotopic (exact) mass is 490 g/mol. The number of nitrogens with zero attached hydrogens (tertiary/aromatic N) is 4. The first kappa shape index (κ1) is 21.8. The lowest BCUT2D eigenvalue weighted by molar-refractivity contribution is 0.0323. The summed E-state index contributed by atoms with van der Waals surface area (Å²) in [6, 6.07) is 5.35. The number of benzene rings is 1. The first-order valence-corrected chi connectivity index (χ1v) is 11.2. The van der Waals surface area contributed by atoms with Gasteiger partial charge in [0, 0.05) is 56.7 Å². The Bertz CT molecular complexity index is 891. The molecule has 2 fully saturated rings. The number of nitrogens with two attached hydrogens (primary N) is 1. The molecule has 1 aromatic heterocycles. The quantitative estimate of drug-likeness (QED) is 0.566. The van der Waals surface area contributed by atoms with E-state index in [4.69, 9.17) is 15.2 Å². The van der Waals surface area contributed by atoms with Gasteiger partial charge in [0.25, 0.3) is 5.91 Å². The highest BCUT2D eigenvalue weighted by Crippen LogP contribution is 2.25. The van der Waals surface area contributed by atoms with Crippen LogP contribution >= 0.6 is 15.9 Å². The molecule has 3 N–H and O–H groups in total. The maximum absolute atomic E-state index is 13.0. The highest BCUT2D eigenvalue weighted by molar-refractivity contribution is 9.10. The van der Waals surface area contributed by atoms with E-state index < -0.39 is 0 Å². The molecule has 0 saturated carbocycles. The summed E-state index contributed by atoms with van der Waals surface area (Å²) >= 11 is 3.33. The zero-order chi connectivity index (χ0) is 21.6. The molecule has 2 aromatic rings. The van der Waals surface area contributed by atoms with Crippen LogP contribution in [0.3, 0.4) is 0 Å². The van der Waals surface area contributed by atoms with E-state index in [9.17, 15) is 4.79 Å². The van der Waals surface area contributed by atoms with Crippen LogP contribution < -0.4 is 15.8 Å². The Morgan fingerprint density at radius 3 is 2.81 bits per heavy atom. The summed E-state index contributed by atoms with van der Waals surface area (Å²) in [4.78, 5) is 25.6. The molecule has 0 unspecified atom stereocenters. The van der Waals surface area contributed by atoms with Gasteiger partial charge in [-0.25, -0.2) is 9.97 Å². The van der Waals surface area contributed by atoms with Gasteiger partial charge in [0.15, 0.2) is 0 Å². The number of hydrogen-bond donors (Lipinski definition) is 2. The number of likely N-dealkylation sites (tertiary alicyclic amines) is 1. The van der Waals surface area contributed by atoms with Crippen LogP contribution in [0.5, 0.6) is 5.75 Å². The SMILES string of the molecule is Nc1ccc(C(=O)N2CC[C@H](Nc3ncc(Br)cn3)C2)cc1OCCN1CCOCC1. The van der Waals surface area contributed by atoms with Crippen LogP contribution in [-0.4, -0.2) is 84.3 Å². The molecule has 166 valence electrons. The third-order valence-corrected chi connectivity index (χ3v) is 5.87. The lowest BCUT2D eigenvalue weighted by atomic mass is 10.1. The van der Waals surface area contributed by atoms with Crippen LogP contribution in [0.1, 0.15) is 16.8 Å². The maximum Gasteiger partial charge on any atom is 0.254 e. The number of morpholine rings is 1. The predicted molar refractivity (Wildman–Crippen MR) is 121 cm³/mol. The number of carbonyl (C=O) groups is 1. The average molecular weight is 491 g/mol. The van der Waals surface area contributed by atoms with Gasteiger partial charge in [0.2, 0.25) is 5.95 Å². The third-order valence-electron chi connectivity index (χ3n) is 5.46. The van der Waals surface area contributed by atoms with Crippen molar-refractivity contribution in [3.05, 3.63) is 40.6 Å². The third kappa shape index (κ3) is 5.84. The zero-order valence-corrected chi connectivity index (χ0v) is 18.9. The smallest absolute Gasteiger partial charge is 0.254 e. The number of nitrogen functional groups attached to an aromatic ring is 1. The first-order valence-electron chi connectivity index (χ1n) is 10.4.